The van der Waals surface area contributed by atoms with E-state index in [1.165, 1.54) is 24.1 Å². The van der Waals surface area contributed by atoms with E-state index in [0.717, 1.165) is 6.42 Å². The first kappa shape index (κ1) is 9.22. The molecule has 0 aromatic carbocycles. The van der Waals surface area contributed by atoms with E-state index in [1.54, 1.807) is 0 Å². The van der Waals surface area contributed by atoms with Crippen molar-refractivity contribution in [2.45, 2.75) is 38.1 Å². The highest BCUT2D eigenvalue weighted by molar-refractivity contribution is 7.10. The number of hydrogen-bond acceptors (Lipinski definition) is 2. The fourth-order valence-corrected chi connectivity index (χ4v) is 3.27. The summed E-state index contributed by atoms with van der Waals surface area (Å²) in [6.07, 6.45) is 5.09. The molecule has 72 valence electrons. The average molecular weight is 195 g/mol. The van der Waals surface area contributed by atoms with Crippen LogP contribution in [0.5, 0.6) is 0 Å². The van der Waals surface area contributed by atoms with Crippen LogP contribution in [0.15, 0.2) is 17.5 Å². The van der Waals surface area contributed by atoms with Crippen LogP contribution < -0.4 is 5.73 Å². The Morgan fingerprint density at radius 1 is 1.54 bits per heavy atom. The molecule has 1 aromatic heterocycles. The Labute approximate surface area is 84.0 Å². The number of thiophene rings is 1. The van der Waals surface area contributed by atoms with Crippen molar-refractivity contribution in [3.63, 3.8) is 0 Å². The van der Waals surface area contributed by atoms with Crippen molar-refractivity contribution in [1.29, 1.82) is 0 Å². The van der Waals surface area contributed by atoms with Crippen molar-refractivity contribution in [3.8, 4) is 0 Å². The van der Waals surface area contributed by atoms with Gasteiger partial charge in [-0.25, -0.2) is 0 Å². The molecule has 2 heteroatoms. The minimum atomic E-state index is -0.0214. The van der Waals surface area contributed by atoms with Gasteiger partial charge in [0.25, 0.3) is 0 Å². The largest absolute Gasteiger partial charge is 0.321 e. The van der Waals surface area contributed by atoms with Gasteiger partial charge < -0.3 is 5.73 Å². The molecule has 1 aromatic rings. The Kier molecular flexibility index (Phi) is 2.43. The zero-order valence-electron chi connectivity index (χ0n) is 8.12. The molecule has 0 radical (unpaired) electrons. The molecule has 2 atom stereocenters. The summed E-state index contributed by atoms with van der Waals surface area (Å²) in [6, 6.07) is 4.29. The molecule has 0 unspecified atom stereocenters. The Balaban J connectivity index is 2.27. The van der Waals surface area contributed by atoms with E-state index in [9.17, 15) is 0 Å². The van der Waals surface area contributed by atoms with E-state index in [4.69, 9.17) is 5.73 Å². The molecule has 1 aliphatic rings. The van der Waals surface area contributed by atoms with Gasteiger partial charge in [-0.15, -0.1) is 11.3 Å². The molecule has 0 bridgehead atoms. The minimum absolute atomic E-state index is 0.0214. The van der Waals surface area contributed by atoms with Gasteiger partial charge in [0, 0.05) is 4.88 Å². The first-order chi connectivity index (χ1) is 6.23. The van der Waals surface area contributed by atoms with E-state index >= 15 is 0 Å². The highest BCUT2D eigenvalue weighted by Gasteiger charge is 2.36. The van der Waals surface area contributed by atoms with Gasteiger partial charge in [0.1, 0.15) is 0 Å². The summed E-state index contributed by atoms with van der Waals surface area (Å²) in [6.45, 7) is 2.29. The topological polar surface area (TPSA) is 26.0 Å². The first-order valence-electron chi connectivity index (χ1n) is 5.06. The predicted octanol–water partition coefficient (Wildman–Crippen LogP) is 3.11. The quantitative estimate of drug-likeness (QED) is 0.732. The lowest BCUT2D eigenvalue weighted by atomic mass is 9.73. The van der Waals surface area contributed by atoms with Gasteiger partial charge in [-0.05, 0) is 30.2 Å². The summed E-state index contributed by atoms with van der Waals surface area (Å²) in [4.78, 5) is 1.37. The highest BCUT2D eigenvalue weighted by Crippen LogP contribution is 2.40. The van der Waals surface area contributed by atoms with E-state index in [1.807, 2.05) is 11.3 Å². The lowest BCUT2D eigenvalue weighted by Gasteiger charge is -2.38. The average Bonchev–Trinajstić information content (AvgIpc) is 2.63. The molecule has 0 saturated heterocycles. The van der Waals surface area contributed by atoms with E-state index in [-0.39, 0.29) is 5.54 Å². The molecule has 2 N–H and O–H groups in total. The molecule has 1 fully saturated rings. The molecule has 2 rings (SSSR count). The Morgan fingerprint density at radius 3 is 3.00 bits per heavy atom. The van der Waals surface area contributed by atoms with Gasteiger partial charge in [0.05, 0.1) is 5.54 Å². The summed E-state index contributed by atoms with van der Waals surface area (Å²) < 4.78 is 0. The summed E-state index contributed by atoms with van der Waals surface area (Å²) in [7, 11) is 0. The van der Waals surface area contributed by atoms with Crippen LogP contribution in [0.3, 0.4) is 0 Å². The van der Waals surface area contributed by atoms with Crippen LogP contribution in [-0.4, -0.2) is 0 Å². The second-order valence-corrected chi connectivity index (χ2v) is 5.11. The van der Waals surface area contributed by atoms with Crippen LogP contribution in [0.1, 0.15) is 37.5 Å². The maximum atomic E-state index is 6.48. The Morgan fingerprint density at radius 2 is 2.38 bits per heavy atom. The van der Waals surface area contributed by atoms with Crippen molar-refractivity contribution in [3.05, 3.63) is 22.4 Å². The van der Waals surface area contributed by atoms with Crippen LogP contribution in [0.2, 0.25) is 0 Å². The molecule has 0 aliphatic heterocycles. The molecule has 1 nitrogen and oxygen atoms in total. The maximum absolute atomic E-state index is 6.48. The smallest absolute Gasteiger partial charge is 0.0529 e. The number of nitrogens with two attached hydrogens (primary N) is 1. The lowest BCUT2D eigenvalue weighted by molar-refractivity contribution is 0.211. The Hall–Kier alpha value is -0.340. The van der Waals surface area contributed by atoms with Crippen molar-refractivity contribution in [2.24, 2.45) is 11.7 Å². The van der Waals surface area contributed by atoms with Gasteiger partial charge in [0.15, 0.2) is 0 Å². The molecule has 13 heavy (non-hydrogen) atoms. The fraction of sp³-hybridized carbons (Fsp3) is 0.636. The second-order valence-electron chi connectivity index (χ2n) is 4.16. The predicted molar refractivity (Wildman–Crippen MR) is 57.8 cm³/mol. The third kappa shape index (κ3) is 1.53. The fourth-order valence-electron chi connectivity index (χ4n) is 2.28. The zero-order chi connectivity index (χ0) is 9.31. The summed E-state index contributed by atoms with van der Waals surface area (Å²) >= 11 is 1.81. The van der Waals surface area contributed by atoms with Crippen LogP contribution in [0.4, 0.5) is 0 Å². The maximum Gasteiger partial charge on any atom is 0.0529 e. The van der Waals surface area contributed by atoms with Crippen LogP contribution in [-0.2, 0) is 5.54 Å². The standard InChI is InChI=1S/C11H17NS/c1-9-5-2-3-7-11(9,12)10-6-4-8-13-10/h4,6,8-9H,2-3,5,7,12H2,1H3/t9-,11+/m0/s1. The number of hydrogen-bond donors (Lipinski definition) is 1. The van der Waals surface area contributed by atoms with Crippen LogP contribution in [0.25, 0.3) is 0 Å². The molecule has 0 amide bonds. The van der Waals surface area contributed by atoms with Crippen molar-refractivity contribution < 1.29 is 0 Å². The summed E-state index contributed by atoms with van der Waals surface area (Å²) in [5.74, 6) is 0.639. The Bertz CT molecular complexity index is 268. The molecule has 0 spiro atoms. The minimum Gasteiger partial charge on any atom is -0.321 e. The van der Waals surface area contributed by atoms with E-state index in [2.05, 4.69) is 24.4 Å². The number of rotatable bonds is 1. The van der Waals surface area contributed by atoms with E-state index in [0.29, 0.717) is 5.92 Å². The molecule has 1 aliphatic carbocycles. The van der Waals surface area contributed by atoms with Crippen LogP contribution >= 0.6 is 11.3 Å². The molecule has 1 heterocycles. The zero-order valence-corrected chi connectivity index (χ0v) is 8.94. The van der Waals surface area contributed by atoms with Gasteiger partial charge in [-0.3, -0.25) is 0 Å². The van der Waals surface area contributed by atoms with Gasteiger partial charge in [0.2, 0.25) is 0 Å². The van der Waals surface area contributed by atoms with Gasteiger partial charge in [-0.1, -0.05) is 25.8 Å². The second kappa shape index (κ2) is 3.43. The van der Waals surface area contributed by atoms with Crippen molar-refractivity contribution in [1.82, 2.24) is 0 Å². The third-order valence-corrected chi connectivity index (χ3v) is 4.40. The molecular formula is C11H17NS. The van der Waals surface area contributed by atoms with E-state index < -0.39 is 0 Å². The highest BCUT2D eigenvalue weighted by atomic mass is 32.1. The van der Waals surface area contributed by atoms with Gasteiger partial charge in [-0.2, -0.15) is 0 Å². The normalized spacial score (nSPS) is 34.8. The van der Waals surface area contributed by atoms with Crippen molar-refractivity contribution in [2.75, 3.05) is 0 Å². The molecule has 1 saturated carbocycles. The first-order valence-corrected chi connectivity index (χ1v) is 5.94. The van der Waals surface area contributed by atoms with Crippen molar-refractivity contribution >= 4 is 11.3 Å². The summed E-state index contributed by atoms with van der Waals surface area (Å²) in [5.41, 5.74) is 6.46. The lowest BCUT2D eigenvalue weighted by Crippen LogP contribution is -2.44. The SMILES string of the molecule is C[C@H]1CCCC[C@]1(N)c1cccs1. The van der Waals surface area contributed by atoms with Crippen LogP contribution in [0, 0.1) is 5.92 Å². The van der Waals surface area contributed by atoms with Gasteiger partial charge >= 0.3 is 0 Å². The molecular weight excluding hydrogens is 178 g/mol. The summed E-state index contributed by atoms with van der Waals surface area (Å²) in [5, 5.41) is 2.13. The monoisotopic (exact) mass is 195 g/mol. The third-order valence-electron chi connectivity index (χ3n) is 3.34.